The van der Waals surface area contributed by atoms with E-state index in [-0.39, 0.29) is 4.99 Å². The number of alkyl halides is 3. The number of thiocarbonyl (C=S) groups is 2. The lowest BCUT2D eigenvalue weighted by atomic mass is 10.1. The fraction of sp³-hybridized carbons (Fsp3) is 0.714. The summed E-state index contributed by atoms with van der Waals surface area (Å²) in [5, 5.41) is 4.80. The van der Waals surface area contributed by atoms with Gasteiger partial charge in [0, 0.05) is 0 Å². The molecule has 0 aliphatic carbocycles. The van der Waals surface area contributed by atoms with Crippen LogP contribution >= 0.6 is 24.4 Å². The summed E-state index contributed by atoms with van der Waals surface area (Å²) in [7, 11) is 0. The number of nitrogens with one attached hydrogen (secondary N) is 2. The molecule has 0 bridgehead atoms. The van der Waals surface area contributed by atoms with Crippen molar-refractivity contribution in [1.82, 2.24) is 10.6 Å². The van der Waals surface area contributed by atoms with Crippen LogP contribution < -0.4 is 10.6 Å². The van der Waals surface area contributed by atoms with Crippen molar-refractivity contribution in [3.8, 4) is 0 Å². The Morgan fingerprint density at radius 3 is 2.21 bits per heavy atom. The fourth-order valence-electron chi connectivity index (χ4n) is 0.614. The van der Waals surface area contributed by atoms with Gasteiger partial charge in [0.25, 0.3) is 0 Å². The van der Waals surface area contributed by atoms with Gasteiger partial charge in [-0.15, -0.1) is 0 Å². The third-order valence-corrected chi connectivity index (χ3v) is 2.21. The van der Waals surface area contributed by atoms with E-state index in [2.05, 4.69) is 22.9 Å². The maximum absolute atomic E-state index is 11.8. The molecule has 7 heteroatoms. The van der Waals surface area contributed by atoms with Gasteiger partial charge in [-0.05, 0) is 13.8 Å². The first-order valence-electron chi connectivity index (χ1n) is 3.75. The predicted octanol–water partition coefficient (Wildman–Crippen LogP) is 1.79. The fourth-order valence-corrected chi connectivity index (χ4v) is 1.04. The first kappa shape index (κ1) is 13.6. The molecule has 82 valence electrons. The molecule has 0 unspecified atom stereocenters. The lowest BCUT2D eigenvalue weighted by molar-refractivity contribution is -0.122. The minimum absolute atomic E-state index is 0.0796. The molecule has 0 heterocycles. The number of rotatable bonds is 4. The van der Waals surface area contributed by atoms with Gasteiger partial charge in [0.2, 0.25) is 0 Å². The summed E-state index contributed by atoms with van der Waals surface area (Å²) in [4.78, 5) is 0.0796. The molecule has 0 rings (SSSR count). The van der Waals surface area contributed by atoms with Crippen molar-refractivity contribution in [2.45, 2.75) is 25.6 Å². The first-order chi connectivity index (χ1) is 6.19. The SMILES string of the molecule is CC(C)(NC=S)C(=S)NCC(F)(F)F. The standard InChI is InChI=1S/C7H11F3N2S2/c1-6(2,12-4-13)5(14)11-3-7(8,9)10/h4H,3H2,1-2H3,(H,11,14)(H,12,13). The topological polar surface area (TPSA) is 24.1 Å². The van der Waals surface area contributed by atoms with Gasteiger partial charge >= 0.3 is 6.18 Å². The Labute approximate surface area is 91.2 Å². The molecule has 0 saturated carbocycles. The van der Waals surface area contributed by atoms with Crippen LogP contribution in [-0.2, 0) is 0 Å². The highest BCUT2D eigenvalue weighted by atomic mass is 32.1. The molecular formula is C7H11F3N2S2. The molecule has 0 aromatic heterocycles. The quantitative estimate of drug-likeness (QED) is 0.736. The Bertz CT molecular complexity index is 225. The van der Waals surface area contributed by atoms with Crippen molar-refractivity contribution in [2.75, 3.05) is 6.54 Å². The lowest BCUT2D eigenvalue weighted by Crippen LogP contribution is -2.52. The first-order valence-corrected chi connectivity index (χ1v) is 4.63. The molecule has 0 aromatic carbocycles. The van der Waals surface area contributed by atoms with Crippen LogP contribution in [0, 0.1) is 0 Å². The maximum Gasteiger partial charge on any atom is 0.405 e. The molecule has 0 saturated heterocycles. The highest BCUT2D eigenvalue weighted by Gasteiger charge is 2.30. The molecule has 0 fully saturated rings. The van der Waals surface area contributed by atoms with Crippen molar-refractivity contribution in [3.05, 3.63) is 0 Å². The summed E-state index contributed by atoms with van der Waals surface area (Å²) in [6.45, 7) is 2.15. The van der Waals surface area contributed by atoms with E-state index in [4.69, 9.17) is 12.2 Å². The number of hydrogen-bond donors (Lipinski definition) is 2. The van der Waals surface area contributed by atoms with Crippen LogP contribution in [0.25, 0.3) is 0 Å². The molecular weight excluding hydrogens is 233 g/mol. The average Bonchev–Trinajstić information content (AvgIpc) is 1.98. The zero-order valence-electron chi connectivity index (χ0n) is 7.73. The van der Waals surface area contributed by atoms with Crippen molar-refractivity contribution in [2.24, 2.45) is 0 Å². The van der Waals surface area contributed by atoms with E-state index in [1.54, 1.807) is 13.8 Å². The van der Waals surface area contributed by atoms with Crippen molar-refractivity contribution in [3.63, 3.8) is 0 Å². The van der Waals surface area contributed by atoms with E-state index >= 15 is 0 Å². The number of halogens is 3. The van der Waals surface area contributed by atoms with Gasteiger partial charge in [-0.25, -0.2) is 0 Å². The average molecular weight is 244 g/mol. The van der Waals surface area contributed by atoms with Gasteiger partial charge in [0.05, 0.1) is 11.0 Å². The Balaban J connectivity index is 4.14. The van der Waals surface area contributed by atoms with E-state index in [9.17, 15) is 13.2 Å². The molecule has 0 radical (unpaired) electrons. The second-order valence-electron chi connectivity index (χ2n) is 3.19. The van der Waals surface area contributed by atoms with Gasteiger partial charge in [0.1, 0.15) is 11.5 Å². The summed E-state index contributed by atoms with van der Waals surface area (Å²) >= 11 is 9.31. The van der Waals surface area contributed by atoms with Crippen LogP contribution in [0.3, 0.4) is 0 Å². The van der Waals surface area contributed by atoms with Crippen LogP contribution in [0.1, 0.15) is 13.8 Å². The molecule has 2 N–H and O–H groups in total. The Morgan fingerprint density at radius 2 is 1.86 bits per heavy atom. The van der Waals surface area contributed by atoms with E-state index in [1.807, 2.05) is 0 Å². The van der Waals surface area contributed by atoms with Crippen LogP contribution in [0.15, 0.2) is 0 Å². The Hall–Kier alpha value is -0.430. The van der Waals surface area contributed by atoms with Gasteiger partial charge in [0.15, 0.2) is 0 Å². The van der Waals surface area contributed by atoms with Crippen LogP contribution in [0.4, 0.5) is 13.2 Å². The second kappa shape index (κ2) is 4.88. The Kier molecular flexibility index (Phi) is 4.73. The van der Waals surface area contributed by atoms with E-state index in [1.165, 1.54) is 5.49 Å². The minimum atomic E-state index is -4.27. The van der Waals surface area contributed by atoms with Gasteiger partial charge in [-0.3, -0.25) is 0 Å². The third kappa shape index (κ3) is 5.33. The predicted molar refractivity (Wildman–Crippen MR) is 57.5 cm³/mol. The maximum atomic E-state index is 11.8. The molecule has 0 amide bonds. The zero-order valence-corrected chi connectivity index (χ0v) is 9.37. The van der Waals surface area contributed by atoms with Gasteiger partial charge in [-0.1, -0.05) is 24.4 Å². The number of hydrogen-bond acceptors (Lipinski definition) is 2. The molecule has 0 aliphatic heterocycles. The summed E-state index contributed by atoms with van der Waals surface area (Å²) < 4.78 is 35.5. The van der Waals surface area contributed by atoms with Crippen LogP contribution in [0.5, 0.6) is 0 Å². The monoisotopic (exact) mass is 244 g/mol. The largest absolute Gasteiger partial charge is 0.405 e. The molecule has 0 atom stereocenters. The van der Waals surface area contributed by atoms with Gasteiger partial charge in [-0.2, -0.15) is 13.2 Å². The molecule has 0 spiro atoms. The summed E-state index contributed by atoms with van der Waals surface area (Å²) in [6, 6.07) is 0. The van der Waals surface area contributed by atoms with E-state index < -0.39 is 18.3 Å². The minimum Gasteiger partial charge on any atom is -0.371 e. The van der Waals surface area contributed by atoms with Crippen molar-refractivity contribution < 1.29 is 13.2 Å². The summed E-state index contributed by atoms with van der Waals surface area (Å²) in [6.07, 6.45) is -4.27. The highest BCUT2D eigenvalue weighted by Crippen LogP contribution is 2.13. The van der Waals surface area contributed by atoms with Crippen molar-refractivity contribution >= 4 is 34.9 Å². The lowest BCUT2D eigenvalue weighted by Gasteiger charge is -2.26. The van der Waals surface area contributed by atoms with Crippen LogP contribution in [-0.4, -0.2) is 28.7 Å². The smallest absolute Gasteiger partial charge is 0.371 e. The molecule has 14 heavy (non-hydrogen) atoms. The highest BCUT2D eigenvalue weighted by molar-refractivity contribution is 7.80. The Morgan fingerprint density at radius 1 is 1.36 bits per heavy atom. The summed E-state index contributed by atoms with van der Waals surface area (Å²) in [5.41, 5.74) is 0.462. The molecule has 0 aromatic rings. The summed E-state index contributed by atoms with van der Waals surface area (Å²) in [5.74, 6) is 0. The zero-order chi connectivity index (χ0) is 11.4. The van der Waals surface area contributed by atoms with E-state index in [0.29, 0.717) is 0 Å². The normalized spacial score (nSPS) is 12.1. The second-order valence-corrected chi connectivity index (χ2v) is 3.83. The van der Waals surface area contributed by atoms with E-state index in [0.717, 1.165) is 0 Å². The van der Waals surface area contributed by atoms with Crippen LogP contribution in [0.2, 0.25) is 0 Å². The third-order valence-electron chi connectivity index (χ3n) is 1.44. The van der Waals surface area contributed by atoms with Crippen molar-refractivity contribution in [1.29, 1.82) is 0 Å². The molecule has 2 nitrogen and oxygen atoms in total. The van der Waals surface area contributed by atoms with Gasteiger partial charge < -0.3 is 10.6 Å². The molecule has 0 aliphatic rings.